The molecule has 0 unspecified atom stereocenters. The van der Waals surface area contributed by atoms with Crippen LogP contribution in [0.1, 0.15) is 54.2 Å². The molecule has 1 aliphatic heterocycles. The predicted octanol–water partition coefficient (Wildman–Crippen LogP) is 4.12. The molecule has 3 rings (SSSR count). The molecule has 0 bridgehead atoms. The molecule has 1 saturated heterocycles. The molecule has 0 spiro atoms. The summed E-state index contributed by atoms with van der Waals surface area (Å²) >= 11 is 0. The zero-order valence-electron chi connectivity index (χ0n) is 19.1. The molecule has 1 amide bonds. The highest BCUT2D eigenvalue weighted by atomic mass is 32.2. The molecule has 0 aliphatic carbocycles. The predicted molar refractivity (Wildman–Crippen MR) is 127 cm³/mol. The van der Waals surface area contributed by atoms with Gasteiger partial charge in [0.2, 0.25) is 10.0 Å². The molecular weight excluding hydrogens is 410 g/mol. The van der Waals surface area contributed by atoms with Crippen molar-refractivity contribution >= 4 is 27.3 Å². The van der Waals surface area contributed by atoms with Crippen LogP contribution in [0.2, 0.25) is 0 Å². The van der Waals surface area contributed by atoms with Crippen molar-refractivity contribution in [2.45, 2.75) is 39.7 Å². The second kappa shape index (κ2) is 9.30. The largest absolute Gasteiger partial charge is 0.371 e. The van der Waals surface area contributed by atoms with E-state index in [1.54, 1.807) is 25.1 Å². The van der Waals surface area contributed by atoms with Crippen molar-refractivity contribution in [3.63, 3.8) is 0 Å². The second-order valence-electron chi connectivity index (χ2n) is 8.66. The summed E-state index contributed by atoms with van der Waals surface area (Å²) in [6, 6.07) is 13.4. The average molecular weight is 444 g/mol. The van der Waals surface area contributed by atoms with Gasteiger partial charge in [0.05, 0.1) is 18.0 Å². The maximum Gasteiger partial charge on any atom is 0.252 e. The molecule has 2 atom stereocenters. The molecule has 31 heavy (non-hydrogen) atoms. The van der Waals surface area contributed by atoms with E-state index in [0.717, 1.165) is 24.9 Å². The summed E-state index contributed by atoms with van der Waals surface area (Å²) < 4.78 is 25.0. The third-order valence-electron chi connectivity index (χ3n) is 6.15. The maximum absolute atomic E-state index is 12.9. The summed E-state index contributed by atoms with van der Waals surface area (Å²) in [5, 5.41) is 3.04. The fourth-order valence-electron chi connectivity index (χ4n) is 4.14. The van der Waals surface area contributed by atoms with Gasteiger partial charge >= 0.3 is 0 Å². The van der Waals surface area contributed by atoms with Crippen molar-refractivity contribution in [3.8, 4) is 0 Å². The highest BCUT2D eigenvalue weighted by molar-refractivity contribution is 7.92. The summed E-state index contributed by atoms with van der Waals surface area (Å²) in [7, 11) is -1.91. The molecule has 1 heterocycles. The van der Waals surface area contributed by atoms with Gasteiger partial charge in [0.1, 0.15) is 0 Å². The van der Waals surface area contributed by atoms with Gasteiger partial charge in [-0.05, 0) is 68.0 Å². The first-order valence-electron chi connectivity index (χ1n) is 10.8. The number of carbonyl (C=O) groups excluding carboxylic acids is 1. The molecule has 0 aromatic heterocycles. The first-order chi connectivity index (χ1) is 14.6. The van der Waals surface area contributed by atoms with Crippen LogP contribution < -0.4 is 14.5 Å². The molecule has 0 saturated carbocycles. The molecule has 7 heteroatoms. The Kier molecular flexibility index (Phi) is 6.94. The molecule has 0 radical (unpaired) electrons. The monoisotopic (exact) mass is 443 g/mol. The van der Waals surface area contributed by atoms with Crippen LogP contribution in [0.5, 0.6) is 0 Å². The number of hydrogen-bond donors (Lipinski definition) is 1. The van der Waals surface area contributed by atoms with Crippen LogP contribution in [-0.4, -0.2) is 40.7 Å². The molecule has 2 aromatic rings. The Morgan fingerprint density at radius 2 is 1.87 bits per heavy atom. The lowest BCUT2D eigenvalue weighted by Gasteiger charge is -2.33. The van der Waals surface area contributed by atoms with Crippen LogP contribution in [0, 0.1) is 12.8 Å². The molecule has 2 aromatic carbocycles. The van der Waals surface area contributed by atoms with Crippen molar-refractivity contribution in [2.24, 2.45) is 5.92 Å². The molecule has 168 valence electrons. The van der Waals surface area contributed by atoms with E-state index in [9.17, 15) is 13.2 Å². The highest BCUT2D eigenvalue weighted by Gasteiger charge is 2.20. The van der Waals surface area contributed by atoms with E-state index in [-0.39, 0.29) is 11.9 Å². The topological polar surface area (TPSA) is 69.7 Å². The molecule has 1 fully saturated rings. The third kappa shape index (κ3) is 5.39. The average Bonchev–Trinajstić information content (AvgIpc) is 2.72. The first kappa shape index (κ1) is 23.1. The lowest BCUT2D eigenvalue weighted by molar-refractivity contribution is 0.0939. The van der Waals surface area contributed by atoms with Crippen molar-refractivity contribution in [1.82, 2.24) is 5.32 Å². The number of nitrogens with zero attached hydrogens (tertiary/aromatic N) is 2. The van der Waals surface area contributed by atoms with Gasteiger partial charge in [0, 0.05) is 31.4 Å². The van der Waals surface area contributed by atoms with E-state index in [2.05, 4.69) is 41.4 Å². The smallest absolute Gasteiger partial charge is 0.252 e. The van der Waals surface area contributed by atoms with Gasteiger partial charge in [-0.3, -0.25) is 9.10 Å². The summed E-state index contributed by atoms with van der Waals surface area (Å²) in [6.07, 6.45) is 3.66. The van der Waals surface area contributed by atoms with Crippen LogP contribution in [-0.2, 0) is 10.0 Å². The van der Waals surface area contributed by atoms with E-state index in [1.165, 1.54) is 29.9 Å². The SMILES string of the molecule is Cc1c(C(=O)N[C@@H](C)c2ccc(N3CCC[C@H](C)C3)cc2)cccc1N(C)S(C)(=O)=O. The minimum absolute atomic E-state index is 0.169. The van der Waals surface area contributed by atoms with Crippen molar-refractivity contribution in [3.05, 3.63) is 59.2 Å². The van der Waals surface area contributed by atoms with Crippen LogP contribution >= 0.6 is 0 Å². The number of hydrogen-bond acceptors (Lipinski definition) is 4. The summed E-state index contributed by atoms with van der Waals surface area (Å²) in [5.74, 6) is 0.495. The summed E-state index contributed by atoms with van der Waals surface area (Å²) in [4.78, 5) is 15.4. The minimum atomic E-state index is -3.41. The summed E-state index contributed by atoms with van der Waals surface area (Å²) in [6.45, 7) is 8.20. The third-order valence-corrected chi connectivity index (χ3v) is 7.34. The fraction of sp³-hybridized carbons (Fsp3) is 0.458. The molecule has 6 nitrogen and oxygen atoms in total. The Morgan fingerprint density at radius 1 is 1.19 bits per heavy atom. The van der Waals surface area contributed by atoms with Crippen molar-refractivity contribution in [2.75, 3.05) is 35.6 Å². The van der Waals surface area contributed by atoms with Gasteiger partial charge in [-0.25, -0.2) is 8.42 Å². The molecular formula is C24H33N3O3S. The van der Waals surface area contributed by atoms with Gasteiger partial charge < -0.3 is 10.2 Å². The van der Waals surface area contributed by atoms with Gasteiger partial charge in [0.15, 0.2) is 0 Å². The molecule has 1 N–H and O–H groups in total. The van der Waals surface area contributed by atoms with Crippen molar-refractivity contribution in [1.29, 1.82) is 0 Å². The Bertz CT molecular complexity index is 1030. The normalized spacial score (nSPS) is 17.8. The van der Waals surface area contributed by atoms with Crippen LogP contribution in [0.3, 0.4) is 0 Å². The zero-order valence-corrected chi connectivity index (χ0v) is 19.9. The van der Waals surface area contributed by atoms with Gasteiger partial charge in [-0.1, -0.05) is 25.1 Å². The lowest BCUT2D eigenvalue weighted by atomic mass is 9.99. The highest BCUT2D eigenvalue weighted by Crippen LogP contribution is 2.26. The Balaban J connectivity index is 1.72. The van der Waals surface area contributed by atoms with Gasteiger partial charge in [-0.2, -0.15) is 0 Å². The number of rotatable bonds is 6. The van der Waals surface area contributed by atoms with E-state index in [1.807, 2.05) is 6.92 Å². The van der Waals surface area contributed by atoms with Crippen molar-refractivity contribution < 1.29 is 13.2 Å². The van der Waals surface area contributed by atoms with Gasteiger partial charge in [-0.15, -0.1) is 0 Å². The lowest BCUT2D eigenvalue weighted by Crippen LogP contribution is -2.34. The number of anilines is 2. The first-order valence-corrected chi connectivity index (χ1v) is 12.6. The van der Waals surface area contributed by atoms with Crippen LogP contribution in [0.15, 0.2) is 42.5 Å². The van der Waals surface area contributed by atoms with Crippen LogP contribution in [0.4, 0.5) is 11.4 Å². The van der Waals surface area contributed by atoms with E-state index >= 15 is 0 Å². The number of sulfonamides is 1. The zero-order chi connectivity index (χ0) is 22.8. The fourth-order valence-corrected chi connectivity index (χ4v) is 4.70. The van der Waals surface area contributed by atoms with E-state index in [0.29, 0.717) is 22.7 Å². The van der Waals surface area contributed by atoms with Crippen LogP contribution in [0.25, 0.3) is 0 Å². The van der Waals surface area contributed by atoms with Gasteiger partial charge in [0.25, 0.3) is 5.91 Å². The van der Waals surface area contributed by atoms with E-state index in [4.69, 9.17) is 0 Å². The maximum atomic E-state index is 12.9. The number of carbonyl (C=O) groups is 1. The van der Waals surface area contributed by atoms with E-state index < -0.39 is 10.0 Å². The Labute approximate surface area is 186 Å². The quantitative estimate of drug-likeness (QED) is 0.729. The number of amides is 1. The summed E-state index contributed by atoms with van der Waals surface area (Å²) in [5.41, 5.74) is 3.86. The Hall–Kier alpha value is -2.54. The second-order valence-corrected chi connectivity index (χ2v) is 10.7. The molecule has 1 aliphatic rings. The minimum Gasteiger partial charge on any atom is -0.371 e. The Morgan fingerprint density at radius 3 is 2.48 bits per heavy atom. The number of nitrogens with one attached hydrogen (secondary N) is 1. The number of piperidine rings is 1. The standard InChI is InChI=1S/C24H33N3O3S/c1-17-8-7-15-27(16-17)21-13-11-20(12-14-21)19(3)25-24(28)22-9-6-10-23(18(22)2)26(4)31(5,29)30/h6,9-14,17,19H,7-8,15-16H2,1-5H3,(H,25,28)/t17-,19-/m0/s1. The number of benzene rings is 2.